The molecule has 0 saturated heterocycles. The number of hydrogen-bond donors (Lipinski definition) is 1. The largest absolute Gasteiger partial charge is 0.404 e. The molecule has 0 aromatic carbocycles. The summed E-state index contributed by atoms with van der Waals surface area (Å²) in [5, 5.41) is 17.4. The van der Waals surface area contributed by atoms with E-state index >= 15 is 0 Å². The molecule has 0 spiro atoms. The number of nitrogens with one attached hydrogen (secondary N) is 1. The number of hydrogen-bond acceptors (Lipinski definition) is 4. The maximum absolute atomic E-state index is 12.0. The molecule has 2 atom stereocenters. The number of amides is 1. The first-order valence-corrected chi connectivity index (χ1v) is 7.43. The third kappa shape index (κ3) is 3.56. The zero-order valence-corrected chi connectivity index (χ0v) is 12.8. The van der Waals surface area contributed by atoms with Gasteiger partial charge in [0.2, 0.25) is 5.91 Å². The molecule has 1 heterocycles. The van der Waals surface area contributed by atoms with Crippen LogP contribution in [0.2, 0.25) is 0 Å². The molecule has 1 saturated carbocycles. The Morgan fingerprint density at radius 1 is 1.60 bits per heavy atom. The first kappa shape index (κ1) is 15.0. The van der Waals surface area contributed by atoms with Crippen LogP contribution < -0.4 is 5.32 Å². The van der Waals surface area contributed by atoms with Gasteiger partial charge < -0.3 is 15.4 Å². The van der Waals surface area contributed by atoms with Crippen molar-refractivity contribution in [3.63, 3.8) is 0 Å². The number of carbonyl (C=O) groups is 1. The first-order chi connectivity index (χ1) is 9.47. The van der Waals surface area contributed by atoms with Crippen molar-refractivity contribution in [2.24, 2.45) is 5.92 Å². The van der Waals surface area contributed by atoms with Gasteiger partial charge in [0.1, 0.15) is 11.0 Å². The van der Waals surface area contributed by atoms with Crippen LogP contribution in [-0.2, 0) is 11.3 Å². The van der Waals surface area contributed by atoms with Crippen molar-refractivity contribution < 1.29 is 9.72 Å². The van der Waals surface area contributed by atoms with Crippen molar-refractivity contribution >= 4 is 27.7 Å². The fourth-order valence-electron chi connectivity index (χ4n) is 2.52. The van der Waals surface area contributed by atoms with Gasteiger partial charge in [-0.1, -0.05) is 19.8 Å². The highest BCUT2D eigenvalue weighted by Crippen LogP contribution is 2.24. The summed E-state index contributed by atoms with van der Waals surface area (Å²) in [6, 6.07) is 0.199. The van der Waals surface area contributed by atoms with Crippen molar-refractivity contribution in [1.82, 2.24) is 15.1 Å². The molecule has 1 fully saturated rings. The standard InChI is InChI=1S/C12H17BrN4O3/c1-8-4-2-3-5-10(8)14-11(18)7-16-6-9(13)12(15-16)17(19)20/h6,8,10H,2-5,7H2,1H3,(H,14,18)/t8-,10+/m1/s1. The highest BCUT2D eigenvalue weighted by Gasteiger charge is 2.24. The molecule has 1 aromatic heterocycles. The zero-order chi connectivity index (χ0) is 14.7. The zero-order valence-electron chi connectivity index (χ0n) is 11.2. The minimum atomic E-state index is -0.582. The van der Waals surface area contributed by atoms with Crippen molar-refractivity contribution in [1.29, 1.82) is 0 Å². The third-order valence-electron chi connectivity index (χ3n) is 3.64. The molecule has 1 N–H and O–H groups in total. The van der Waals surface area contributed by atoms with Crippen LogP contribution in [0.3, 0.4) is 0 Å². The van der Waals surface area contributed by atoms with Crippen molar-refractivity contribution in [2.75, 3.05) is 0 Å². The lowest BCUT2D eigenvalue weighted by atomic mass is 9.86. The predicted molar refractivity (Wildman–Crippen MR) is 76.1 cm³/mol. The van der Waals surface area contributed by atoms with Gasteiger partial charge >= 0.3 is 5.82 Å². The molecule has 20 heavy (non-hydrogen) atoms. The summed E-state index contributed by atoms with van der Waals surface area (Å²) in [7, 11) is 0. The van der Waals surface area contributed by atoms with Gasteiger partial charge in [-0.3, -0.25) is 4.79 Å². The topological polar surface area (TPSA) is 90.1 Å². The van der Waals surface area contributed by atoms with E-state index in [-0.39, 0.29) is 28.8 Å². The number of rotatable bonds is 4. The minimum absolute atomic E-state index is 0.00431. The maximum atomic E-state index is 12.0. The molecule has 1 aliphatic carbocycles. The monoisotopic (exact) mass is 344 g/mol. The lowest BCUT2D eigenvalue weighted by Crippen LogP contribution is -2.42. The Morgan fingerprint density at radius 2 is 2.30 bits per heavy atom. The fourth-order valence-corrected chi connectivity index (χ4v) is 2.98. The van der Waals surface area contributed by atoms with Crippen LogP contribution in [-0.4, -0.2) is 26.7 Å². The summed E-state index contributed by atoms with van der Waals surface area (Å²) in [5.74, 6) is 0.0453. The second-order valence-electron chi connectivity index (χ2n) is 5.19. The van der Waals surface area contributed by atoms with Gasteiger partial charge in [-0.15, -0.1) is 0 Å². The van der Waals surface area contributed by atoms with Crippen LogP contribution in [0.25, 0.3) is 0 Å². The molecule has 0 unspecified atom stereocenters. The number of halogens is 1. The Bertz CT molecular complexity index is 517. The second-order valence-corrected chi connectivity index (χ2v) is 6.05. The van der Waals surface area contributed by atoms with Gasteiger partial charge in [-0.05, 0) is 39.6 Å². The minimum Gasteiger partial charge on any atom is -0.358 e. The first-order valence-electron chi connectivity index (χ1n) is 6.64. The number of carbonyl (C=O) groups excluding carboxylic acids is 1. The van der Waals surface area contributed by atoms with E-state index in [9.17, 15) is 14.9 Å². The molecule has 0 radical (unpaired) electrons. The Kier molecular flexibility index (Phi) is 4.74. The number of aromatic nitrogens is 2. The smallest absolute Gasteiger partial charge is 0.358 e. The van der Waals surface area contributed by atoms with Gasteiger partial charge in [0, 0.05) is 6.04 Å². The molecule has 110 valence electrons. The summed E-state index contributed by atoms with van der Waals surface area (Å²) in [4.78, 5) is 22.1. The van der Waals surface area contributed by atoms with Gasteiger partial charge in [0.05, 0.1) is 11.3 Å². The molecular weight excluding hydrogens is 328 g/mol. The van der Waals surface area contributed by atoms with E-state index in [1.165, 1.54) is 17.3 Å². The normalized spacial score (nSPS) is 22.5. The van der Waals surface area contributed by atoms with Crippen LogP contribution >= 0.6 is 15.9 Å². The number of nitrogens with zero attached hydrogens (tertiary/aromatic N) is 3. The van der Waals surface area contributed by atoms with Crippen LogP contribution in [0.5, 0.6) is 0 Å². The Balaban J connectivity index is 1.94. The second kappa shape index (κ2) is 6.34. The van der Waals surface area contributed by atoms with E-state index in [2.05, 4.69) is 33.3 Å². The van der Waals surface area contributed by atoms with Gasteiger partial charge in [-0.25, -0.2) is 0 Å². The quantitative estimate of drug-likeness (QED) is 0.669. The maximum Gasteiger partial charge on any atom is 0.404 e. The number of nitro groups is 1. The Labute approximate surface area is 125 Å². The van der Waals surface area contributed by atoms with Crippen molar-refractivity contribution in [3.8, 4) is 0 Å². The van der Waals surface area contributed by atoms with Crippen LogP contribution in [0.4, 0.5) is 5.82 Å². The van der Waals surface area contributed by atoms with E-state index in [1.54, 1.807) is 0 Å². The highest BCUT2D eigenvalue weighted by atomic mass is 79.9. The van der Waals surface area contributed by atoms with E-state index < -0.39 is 4.92 Å². The lowest BCUT2D eigenvalue weighted by Gasteiger charge is -2.29. The summed E-state index contributed by atoms with van der Waals surface area (Å²) in [6.07, 6.45) is 5.92. The molecule has 1 amide bonds. The third-order valence-corrected chi connectivity index (χ3v) is 4.19. The molecule has 8 heteroatoms. The molecule has 0 bridgehead atoms. The van der Waals surface area contributed by atoms with Crippen LogP contribution in [0.15, 0.2) is 10.7 Å². The fraction of sp³-hybridized carbons (Fsp3) is 0.667. The van der Waals surface area contributed by atoms with Crippen LogP contribution in [0, 0.1) is 16.0 Å². The average molecular weight is 345 g/mol. The Morgan fingerprint density at radius 3 is 2.90 bits per heavy atom. The summed E-state index contributed by atoms with van der Waals surface area (Å²) < 4.78 is 1.56. The van der Waals surface area contributed by atoms with Gasteiger partial charge in [-0.2, -0.15) is 4.68 Å². The van der Waals surface area contributed by atoms with E-state index in [4.69, 9.17) is 0 Å². The molecule has 2 rings (SSSR count). The predicted octanol–water partition coefficient (Wildman–Crippen LogP) is 2.25. The van der Waals surface area contributed by atoms with E-state index in [0.717, 1.165) is 19.3 Å². The van der Waals surface area contributed by atoms with Gasteiger partial charge in [0.15, 0.2) is 0 Å². The molecule has 1 aliphatic rings. The van der Waals surface area contributed by atoms with Gasteiger partial charge in [0.25, 0.3) is 0 Å². The Hall–Kier alpha value is -1.44. The highest BCUT2D eigenvalue weighted by molar-refractivity contribution is 9.10. The lowest BCUT2D eigenvalue weighted by molar-refractivity contribution is -0.390. The molecular formula is C12H17BrN4O3. The summed E-state index contributed by atoms with van der Waals surface area (Å²) in [5.41, 5.74) is 0. The van der Waals surface area contributed by atoms with E-state index in [0.29, 0.717) is 5.92 Å². The molecule has 1 aromatic rings. The average Bonchev–Trinajstić information content (AvgIpc) is 2.73. The molecule has 0 aliphatic heterocycles. The van der Waals surface area contributed by atoms with Crippen LogP contribution in [0.1, 0.15) is 32.6 Å². The summed E-state index contributed by atoms with van der Waals surface area (Å²) in [6.45, 7) is 2.13. The SMILES string of the molecule is C[C@@H]1CCCC[C@@H]1NC(=O)Cn1cc(Br)c([N+](=O)[O-])n1. The van der Waals surface area contributed by atoms with Crippen molar-refractivity contribution in [2.45, 2.75) is 45.2 Å². The van der Waals surface area contributed by atoms with E-state index in [1.807, 2.05) is 0 Å². The molecule has 7 nitrogen and oxygen atoms in total. The van der Waals surface area contributed by atoms with Crippen molar-refractivity contribution in [3.05, 3.63) is 20.8 Å². The summed E-state index contributed by atoms with van der Waals surface area (Å²) >= 11 is 3.06.